The van der Waals surface area contributed by atoms with E-state index in [2.05, 4.69) is 35.0 Å². The Labute approximate surface area is 304 Å². The molecule has 1 atom stereocenters. The van der Waals surface area contributed by atoms with Gasteiger partial charge >= 0.3 is 0 Å². The molecule has 16 heteroatoms. The Hall–Kier alpha value is -5.77. The number of hydrogen-bond donors (Lipinski definition) is 2. The number of piperazine rings is 1. The average Bonchev–Trinajstić information content (AvgIpc) is 3.86. The highest BCUT2D eigenvalue weighted by molar-refractivity contribution is 6.23. The number of halogens is 1. The summed E-state index contributed by atoms with van der Waals surface area (Å²) in [5.74, 6) is -2.25. The molecule has 5 amide bonds. The summed E-state index contributed by atoms with van der Waals surface area (Å²) in [6.07, 6.45) is 7.81. The predicted octanol–water partition coefficient (Wildman–Crippen LogP) is 3.25. The number of nitrogens with zero attached hydrogens (tertiary/aromatic N) is 8. The number of pyridine rings is 1. The van der Waals surface area contributed by atoms with Crippen molar-refractivity contribution in [1.82, 2.24) is 39.5 Å². The van der Waals surface area contributed by atoms with Gasteiger partial charge in [0.1, 0.15) is 29.0 Å². The number of carbonyl (C=O) groups is 5. The van der Waals surface area contributed by atoms with Crippen molar-refractivity contribution in [3.05, 3.63) is 70.9 Å². The van der Waals surface area contributed by atoms with Gasteiger partial charge in [-0.15, -0.1) is 0 Å². The highest BCUT2D eigenvalue weighted by Crippen LogP contribution is 2.35. The molecule has 0 radical (unpaired) electrons. The molecule has 3 fully saturated rings. The Balaban J connectivity index is 0.903. The molecule has 15 nitrogen and oxygen atoms in total. The molecule has 1 aliphatic carbocycles. The van der Waals surface area contributed by atoms with E-state index in [0.717, 1.165) is 53.4 Å². The van der Waals surface area contributed by atoms with Gasteiger partial charge in [0.2, 0.25) is 17.8 Å². The number of anilines is 3. The van der Waals surface area contributed by atoms with Gasteiger partial charge in [0.25, 0.3) is 17.7 Å². The number of carbonyl (C=O) groups excluding carboxylic acids is 5. The van der Waals surface area contributed by atoms with E-state index in [-0.39, 0.29) is 48.0 Å². The van der Waals surface area contributed by atoms with Crippen LogP contribution in [0.1, 0.15) is 81.3 Å². The first-order chi connectivity index (χ1) is 25.5. The zero-order valence-corrected chi connectivity index (χ0v) is 29.5. The van der Waals surface area contributed by atoms with Gasteiger partial charge in [-0.2, -0.15) is 4.98 Å². The van der Waals surface area contributed by atoms with E-state index in [1.165, 1.54) is 6.07 Å². The lowest BCUT2D eigenvalue weighted by atomic mass is 10.0. The number of imide groups is 2. The van der Waals surface area contributed by atoms with Crippen molar-refractivity contribution in [2.45, 2.75) is 57.2 Å². The van der Waals surface area contributed by atoms with Gasteiger partial charge in [-0.1, -0.05) is 12.8 Å². The summed E-state index contributed by atoms with van der Waals surface area (Å²) in [6.45, 7) is 2.81. The lowest BCUT2D eigenvalue weighted by Gasteiger charge is -2.36. The quantitative estimate of drug-likeness (QED) is 0.257. The van der Waals surface area contributed by atoms with Crippen molar-refractivity contribution in [2.24, 2.45) is 0 Å². The van der Waals surface area contributed by atoms with Crippen LogP contribution in [0.2, 0.25) is 0 Å². The second-order valence-electron chi connectivity index (χ2n) is 14.2. The fourth-order valence-electron chi connectivity index (χ4n) is 7.82. The lowest BCUT2D eigenvalue weighted by Crippen LogP contribution is -2.54. The number of amides is 5. The third-order valence-corrected chi connectivity index (χ3v) is 10.6. The van der Waals surface area contributed by atoms with Crippen LogP contribution in [-0.4, -0.2) is 110 Å². The molecule has 53 heavy (non-hydrogen) atoms. The van der Waals surface area contributed by atoms with Gasteiger partial charge in [-0.25, -0.2) is 14.4 Å². The van der Waals surface area contributed by atoms with Gasteiger partial charge in [0.15, 0.2) is 0 Å². The smallest absolute Gasteiger partial charge is 0.270 e. The molecule has 8 rings (SSSR count). The minimum absolute atomic E-state index is 0.0111. The van der Waals surface area contributed by atoms with Crippen LogP contribution in [0.4, 0.5) is 21.8 Å². The Bertz CT molecular complexity index is 2150. The van der Waals surface area contributed by atoms with Crippen LogP contribution in [-0.2, 0) is 16.1 Å². The van der Waals surface area contributed by atoms with Crippen molar-refractivity contribution in [3.63, 3.8) is 0 Å². The number of rotatable bonds is 8. The Morgan fingerprint density at radius 2 is 1.68 bits per heavy atom. The molecule has 274 valence electrons. The van der Waals surface area contributed by atoms with Crippen LogP contribution in [0, 0.1) is 5.82 Å². The number of aromatic nitrogens is 4. The van der Waals surface area contributed by atoms with E-state index in [0.29, 0.717) is 43.6 Å². The Kier molecular flexibility index (Phi) is 8.84. The van der Waals surface area contributed by atoms with Crippen molar-refractivity contribution in [1.29, 1.82) is 0 Å². The van der Waals surface area contributed by atoms with Crippen molar-refractivity contribution in [2.75, 3.05) is 50.5 Å². The van der Waals surface area contributed by atoms with Gasteiger partial charge in [-0.05, 0) is 49.6 Å². The van der Waals surface area contributed by atoms with Crippen LogP contribution >= 0.6 is 0 Å². The summed E-state index contributed by atoms with van der Waals surface area (Å²) < 4.78 is 17.4. The summed E-state index contributed by atoms with van der Waals surface area (Å²) in [5, 5.41) is 6.19. The highest BCUT2D eigenvalue weighted by Gasteiger charge is 2.45. The van der Waals surface area contributed by atoms with E-state index in [1.54, 1.807) is 31.4 Å². The first-order valence-electron chi connectivity index (χ1n) is 17.9. The summed E-state index contributed by atoms with van der Waals surface area (Å²) in [4.78, 5) is 83.9. The van der Waals surface area contributed by atoms with E-state index < -0.39 is 35.5 Å². The van der Waals surface area contributed by atoms with Crippen LogP contribution in [0.5, 0.6) is 0 Å². The van der Waals surface area contributed by atoms with Gasteiger partial charge in [0, 0.05) is 76.4 Å². The topological polar surface area (TPSA) is 166 Å². The molecule has 2 saturated heterocycles. The zero-order chi connectivity index (χ0) is 37.0. The molecule has 1 saturated carbocycles. The highest BCUT2D eigenvalue weighted by atomic mass is 19.1. The molecule has 3 aliphatic heterocycles. The number of hydrogen-bond acceptors (Lipinski definition) is 11. The minimum Gasteiger partial charge on any atom is -0.368 e. The fraction of sp³-hybridized carbons (Fsp3) is 0.405. The maximum atomic E-state index is 15.3. The lowest BCUT2D eigenvalue weighted by molar-refractivity contribution is -0.136. The molecule has 2 N–H and O–H groups in total. The predicted molar refractivity (Wildman–Crippen MR) is 191 cm³/mol. The van der Waals surface area contributed by atoms with Gasteiger partial charge < -0.3 is 19.7 Å². The van der Waals surface area contributed by atoms with E-state index >= 15 is 4.39 Å². The Morgan fingerprint density at radius 3 is 2.36 bits per heavy atom. The van der Waals surface area contributed by atoms with Crippen LogP contribution in [0.3, 0.4) is 0 Å². The number of piperidine rings is 1. The van der Waals surface area contributed by atoms with E-state index in [9.17, 15) is 24.0 Å². The second kappa shape index (κ2) is 13.7. The Morgan fingerprint density at radius 1 is 0.943 bits per heavy atom. The monoisotopic (exact) mass is 722 g/mol. The number of fused-ring (bicyclic) bond motifs is 2. The standard InChI is InChI=1S/C37H39FN10O5/c1-44(2)36(53)29-16-21-18-40-37(43-32(21)47(29)23-5-3-4-6-23)41-30-9-7-24(19-39-30)46-13-11-45(12-14-46)20-22-15-25-26(17-27(22)38)35(52)48(34(25)51)28-8-10-31(49)42-33(28)50/h7,9,15-19,23,28H,3-6,8,10-14,20H2,1-2H3,(H,42,49,50)(H,39,40,41,43). The molecular formula is C37H39FN10O5. The van der Waals surface area contributed by atoms with Crippen LogP contribution < -0.4 is 15.5 Å². The third-order valence-electron chi connectivity index (χ3n) is 10.6. The molecule has 0 spiro atoms. The second-order valence-corrected chi connectivity index (χ2v) is 14.2. The summed E-state index contributed by atoms with van der Waals surface area (Å²) >= 11 is 0. The molecule has 1 unspecified atom stereocenters. The average molecular weight is 723 g/mol. The van der Waals surface area contributed by atoms with Crippen LogP contribution in [0.25, 0.3) is 11.0 Å². The van der Waals surface area contributed by atoms with Crippen molar-refractivity contribution in [3.8, 4) is 0 Å². The van der Waals surface area contributed by atoms with Crippen molar-refractivity contribution >= 4 is 58.0 Å². The summed E-state index contributed by atoms with van der Waals surface area (Å²) in [5.41, 5.74) is 2.54. The maximum Gasteiger partial charge on any atom is 0.270 e. The SMILES string of the molecule is CN(C)C(=O)c1cc2cnc(Nc3ccc(N4CCN(Cc5cc6c(cc5F)C(=O)N(C5CCC(=O)NC5=O)C6=O)CC4)cn3)nc2n1C1CCCC1. The molecule has 4 aliphatic rings. The van der Waals surface area contributed by atoms with Crippen LogP contribution in [0.15, 0.2) is 42.7 Å². The normalized spacial score (nSPS) is 19.6. The molecule has 3 aromatic heterocycles. The maximum absolute atomic E-state index is 15.3. The summed E-state index contributed by atoms with van der Waals surface area (Å²) in [6, 6.07) is 7.30. The number of nitrogens with one attached hydrogen (secondary N) is 2. The van der Waals surface area contributed by atoms with Gasteiger partial charge in [-0.3, -0.25) is 39.1 Å². The van der Waals surface area contributed by atoms with Gasteiger partial charge in [0.05, 0.1) is 23.0 Å². The number of benzene rings is 1. The van der Waals surface area contributed by atoms with E-state index in [4.69, 9.17) is 4.98 Å². The molecule has 4 aromatic rings. The molecule has 1 aromatic carbocycles. The molecule has 0 bridgehead atoms. The largest absolute Gasteiger partial charge is 0.368 e. The minimum atomic E-state index is -1.11. The summed E-state index contributed by atoms with van der Waals surface area (Å²) in [7, 11) is 3.50. The van der Waals surface area contributed by atoms with E-state index in [1.807, 2.05) is 18.2 Å². The molecule has 6 heterocycles. The third kappa shape index (κ3) is 6.36. The first-order valence-corrected chi connectivity index (χ1v) is 17.9. The zero-order valence-electron chi connectivity index (χ0n) is 29.5. The fourth-order valence-corrected chi connectivity index (χ4v) is 7.82. The van der Waals surface area contributed by atoms with Crippen molar-refractivity contribution < 1.29 is 28.4 Å². The first kappa shape index (κ1) is 34.3. The molecular weight excluding hydrogens is 683 g/mol.